The van der Waals surface area contributed by atoms with E-state index in [0.29, 0.717) is 29.5 Å². The Hall–Kier alpha value is -3.20. The van der Waals surface area contributed by atoms with Crippen LogP contribution in [0.4, 0.5) is 4.39 Å². The number of thiazole rings is 1. The van der Waals surface area contributed by atoms with E-state index in [1.165, 1.54) is 36.6 Å². The Morgan fingerprint density at radius 3 is 2.66 bits per heavy atom. The molecule has 0 atom stereocenters. The molecule has 0 aliphatic carbocycles. The number of carbonyl (C=O) groups excluding carboxylic acids is 2. The van der Waals surface area contributed by atoms with Gasteiger partial charge in [0.05, 0.1) is 29.3 Å². The molecule has 0 fully saturated rings. The van der Waals surface area contributed by atoms with Crippen molar-refractivity contribution in [2.75, 3.05) is 20.3 Å². The van der Waals surface area contributed by atoms with Gasteiger partial charge in [0.2, 0.25) is 0 Å². The molecule has 0 spiro atoms. The number of carbonyl (C=O) groups is 2. The predicted molar refractivity (Wildman–Crippen MR) is 104 cm³/mol. The lowest BCUT2D eigenvalue weighted by Crippen LogP contribution is -2.20. The molecule has 0 unspecified atom stereocenters. The number of esters is 1. The van der Waals surface area contributed by atoms with Gasteiger partial charge in [0.1, 0.15) is 19.0 Å². The topological polar surface area (TPSA) is 79.1 Å². The molecule has 150 valence electrons. The molecule has 1 aromatic heterocycles. The number of fused-ring (bicyclic) bond motifs is 2. The first-order valence-corrected chi connectivity index (χ1v) is 9.72. The monoisotopic (exact) mass is 416 g/mol. The summed E-state index contributed by atoms with van der Waals surface area (Å²) in [6, 6.07) is 9.28. The Morgan fingerprint density at radius 2 is 1.93 bits per heavy atom. The highest BCUT2D eigenvalue weighted by Gasteiger charge is 2.18. The van der Waals surface area contributed by atoms with Gasteiger partial charge in [-0.1, -0.05) is 23.5 Å². The van der Waals surface area contributed by atoms with E-state index < -0.39 is 11.7 Å². The van der Waals surface area contributed by atoms with Gasteiger partial charge in [-0.2, -0.15) is 4.99 Å². The highest BCUT2D eigenvalue weighted by Crippen LogP contribution is 2.35. The van der Waals surface area contributed by atoms with Crippen molar-refractivity contribution in [3.8, 4) is 11.5 Å². The molecule has 3 aromatic rings. The normalized spacial score (nSPS) is 13.5. The number of nitrogens with zero attached hydrogens (tertiary/aromatic N) is 2. The molecule has 9 heteroatoms. The van der Waals surface area contributed by atoms with Crippen LogP contribution in [0.2, 0.25) is 0 Å². The highest BCUT2D eigenvalue weighted by atomic mass is 32.1. The van der Waals surface area contributed by atoms with Gasteiger partial charge < -0.3 is 18.8 Å². The third-order valence-electron chi connectivity index (χ3n) is 4.42. The number of aromatic nitrogens is 1. The van der Waals surface area contributed by atoms with Crippen LogP contribution in [-0.4, -0.2) is 36.8 Å². The van der Waals surface area contributed by atoms with E-state index in [-0.39, 0.29) is 24.5 Å². The first-order valence-electron chi connectivity index (χ1n) is 8.90. The van der Waals surface area contributed by atoms with Crippen LogP contribution in [0.25, 0.3) is 10.2 Å². The molecule has 1 aliphatic rings. The smallest absolute Gasteiger partial charge is 0.307 e. The Morgan fingerprint density at radius 1 is 1.21 bits per heavy atom. The van der Waals surface area contributed by atoms with Crippen LogP contribution in [0.5, 0.6) is 11.5 Å². The van der Waals surface area contributed by atoms with Crippen molar-refractivity contribution in [1.29, 1.82) is 0 Å². The summed E-state index contributed by atoms with van der Waals surface area (Å²) in [5.41, 5.74) is 0.624. The zero-order chi connectivity index (χ0) is 20.4. The lowest BCUT2D eigenvalue weighted by Gasteiger charge is -2.18. The third kappa shape index (κ3) is 3.86. The fourth-order valence-electron chi connectivity index (χ4n) is 2.99. The molecular formula is C20H17FN2O5S. The molecule has 29 heavy (non-hydrogen) atoms. The molecule has 1 amide bonds. The molecule has 0 N–H and O–H groups in total. The molecule has 0 saturated heterocycles. The van der Waals surface area contributed by atoms with Gasteiger partial charge in [0.25, 0.3) is 5.91 Å². The van der Waals surface area contributed by atoms with E-state index in [1.807, 2.05) is 6.07 Å². The zero-order valence-electron chi connectivity index (χ0n) is 15.5. The number of hydrogen-bond donors (Lipinski definition) is 0. The van der Waals surface area contributed by atoms with Crippen molar-refractivity contribution < 1.29 is 28.2 Å². The molecule has 0 bridgehead atoms. The van der Waals surface area contributed by atoms with E-state index in [9.17, 15) is 14.0 Å². The molecule has 2 aromatic carbocycles. The van der Waals surface area contributed by atoms with Gasteiger partial charge in [-0.3, -0.25) is 9.59 Å². The van der Waals surface area contributed by atoms with Crippen LogP contribution in [0, 0.1) is 5.82 Å². The summed E-state index contributed by atoms with van der Waals surface area (Å²) in [4.78, 5) is 28.7. The summed E-state index contributed by atoms with van der Waals surface area (Å²) in [6.07, 6.45) is 0.0951. The van der Waals surface area contributed by atoms with Gasteiger partial charge in [0, 0.05) is 18.7 Å². The van der Waals surface area contributed by atoms with Gasteiger partial charge in [0.15, 0.2) is 16.3 Å². The van der Waals surface area contributed by atoms with Crippen LogP contribution >= 0.6 is 11.3 Å². The van der Waals surface area contributed by atoms with Crippen LogP contribution in [-0.2, 0) is 16.1 Å². The number of hydrogen-bond acceptors (Lipinski definition) is 6. The summed E-state index contributed by atoms with van der Waals surface area (Å²) in [5, 5.41) is 0. The standard InChI is InChI=1S/C20H17FN2O5S/c1-26-18(24)6-7-23-14-10-15-16(28-9-8-27-15)11-17(14)29-20(23)22-19(25)12-4-2-3-5-13(12)21/h2-5,10-11H,6-9H2,1H3. The molecule has 7 nitrogen and oxygen atoms in total. The van der Waals surface area contributed by atoms with Crippen molar-refractivity contribution in [2.45, 2.75) is 13.0 Å². The van der Waals surface area contributed by atoms with Crippen molar-refractivity contribution in [3.05, 3.63) is 52.6 Å². The van der Waals surface area contributed by atoms with Gasteiger partial charge in [-0.25, -0.2) is 4.39 Å². The summed E-state index contributed by atoms with van der Waals surface area (Å²) < 4.78 is 32.5. The van der Waals surface area contributed by atoms with Crippen molar-refractivity contribution in [3.63, 3.8) is 0 Å². The number of ether oxygens (including phenoxy) is 3. The van der Waals surface area contributed by atoms with E-state index >= 15 is 0 Å². The van der Waals surface area contributed by atoms with Gasteiger partial charge >= 0.3 is 5.97 Å². The lowest BCUT2D eigenvalue weighted by molar-refractivity contribution is -0.140. The Bertz CT molecular complexity index is 1170. The first kappa shape index (κ1) is 19.1. The van der Waals surface area contributed by atoms with Gasteiger partial charge in [-0.05, 0) is 12.1 Å². The number of amides is 1. The van der Waals surface area contributed by atoms with Crippen LogP contribution in [0.3, 0.4) is 0 Å². The second-order valence-corrected chi connectivity index (χ2v) is 7.23. The second-order valence-electron chi connectivity index (χ2n) is 6.22. The minimum atomic E-state index is -0.696. The maximum Gasteiger partial charge on any atom is 0.307 e. The number of rotatable bonds is 4. The molecule has 1 aliphatic heterocycles. The van der Waals surface area contributed by atoms with E-state index in [0.717, 1.165) is 10.2 Å². The first-order chi connectivity index (χ1) is 14.1. The summed E-state index contributed by atoms with van der Waals surface area (Å²) >= 11 is 1.25. The molecule has 2 heterocycles. The summed E-state index contributed by atoms with van der Waals surface area (Å²) in [7, 11) is 1.31. The number of halogens is 1. The van der Waals surface area contributed by atoms with Crippen molar-refractivity contribution >= 4 is 33.4 Å². The second kappa shape index (κ2) is 8.04. The van der Waals surface area contributed by atoms with Crippen molar-refractivity contribution in [2.24, 2.45) is 4.99 Å². The average molecular weight is 416 g/mol. The third-order valence-corrected chi connectivity index (χ3v) is 5.46. The maximum absolute atomic E-state index is 14.0. The average Bonchev–Trinajstić information content (AvgIpc) is 3.06. The predicted octanol–water partition coefficient (Wildman–Crippen LogP) is 2.92. The maximum atomic E-state index is 14.0. The molecule has 0 saturated carbocycles. The Kier molecular flexibility index (Phi) is 5.30. The quantitative estimate of drug-likeness (QED) is 0.611. The SMILES string of the molecule is COC(=O)CCn1c(=NC(=O)c2ccccc2F)sc2cc3c(cc21)OCCO3. The van der Waals surface area contributed by atoms with Crippen LogP contribution in [0.1, 0.15) is 16.8 Å². The fraction of sp³-hybridized carbons (Fsp3) is 0.250. The van der Waals surface area contributed by atoms with E-state index in [1.54, 1.807) is 16.7 Å². The largest absolute Gasteiger partial charge is 0.486 e. The Balaban J connectivity index is 1.83. The number of benzene rings is 2. The Labute approximate surface area is 169 Å². The van der Waals surface area contributed by atoms with Crippen molar-refractivity contribution in [1.82, 2.24) is 4.57 Å². The molecule has 0 radical (unpaired) electrons. The number of aryl methyl sites for hydroxylation is 1. The van der Waals surface area contributed by atoms with Crippen LogP contribution in [0.15, 0.2) is 41.4 Å². The lowest BCUT2D eigenvalue weighted by atomic mass is 10.2. The van der Waals surface area contributed by atoms with Crippen LogP contribution < -0.4 is 14.3 Å². The fourth-order valence-corrected chi connectivity index (χ4v) is 4.06. The molecule has 4 rings (SSSR count). The summed E-state index contributed by atoms with van der Waals surface area (Å²) in [5.74, 6) is -0.530. The molecular weight excluding hydrogens is 399 g/mol. The van der Waals surface area contributed by atoms with E-state index in [4.69, 9.17) is 14.2 Å². The highest BCUT2D eigenvalue weighted by molar-refractivity contribution is 7.16. The minimum Gasteiger partial charge on any atom is -0.486 e. The minimum absolute atomic E-state index is 0.0951. The summed E-state index contributed by atoms with van der Waals surface area (Å²) in [6.45, 7) is 1.14. The zero-order valence-corrected chi connectivity index (χ0v) is 16.3. The number of methoxy groups -OCH3 is 1. The van der Waals surface area contributed by atoms with E-state index in [2.05, 4.69) is 4.99 Å². The van der Waals surface area contributed by atoms with Gasteiger partial charge in [-0.15, -0.1) is 0 Å².